The highest BCUT2D eigenvalue weighted by molar-refractivity contribution is 5.28. The molecule has 1 aromatic rings. The minimum Gasteiger partial charge on any atom is -0.493 e. The molecule has 0 amide bonds. The van der Waals surface area contributed by atoms with Crippen LogP contribution in [0.1, 0.15) is 50.8 Å². The van der Waals surface area contributed by atoms with Crippen molar-refractivity contribution in [3.05, 3.63) is 11.9 Å². The highest BCUT2D eigenvalue weighted by atomic mass is 16.5. The Morgan fingerprint density at radius 1 is 1.33 bits per heavy atom. The number of methoxy groups -OCH3 is 1. The van der Waals surface area contributed by atoms with Gasteiger partial charge < -0.3 is 15.0 Å². The van der Waals surface area contributed by atoms with Crippen LogP contribution in [0.5, 0.6) is 5.75 Å². The summed E-state index contributed by atoms with van der Waals surface area (Å²) in [6, 6.07) is 0.307. The lowest BCUT2D eigenvalue weighted by atomic mass is 10.0. The van der Waals surface area contributed by atoms with Gasteiger partial charge in [0.1, 0.15) is 0 Å². The number of hydrogen-bond donors (Lipinski definition) is 1. The average Bonchev–Trinajstić information content (AvgIpc) is 2.88. The third kappa shape index (κ3) is 5.67. The minimum absolute atomic E-state index is 0.307. The van der Waals surface area contributed by atoms with E-state index in [1.54, 1.807) is 7.11 Å². The molecule has 0 radical (unpaired) electrons. The summed E-state index contributed by atoms with van der Waals surface area (Å²) in [4.78, 5) is 2.17. The van der Waals surface area contributed by atoms with Gasteiger partial charge in [0, 0.05) is 6.54 Å². The van der Waals surface area contributed by atoms with E-state index in [1.807, 2.05) is 13.2 Å². The highest BCUT2D eigenvalue weighted by Crippen LogP contribution is 2.28. The van der Waals surface area contributed by atoms with Gasteiger partial charge in [0.05, 0.1) is 31.6 Å². The van der Waals surface area contributed by atoms with E-state index >= 15 is 0 Å². The predicted octanol–water partition coefficient (Wildman–Crippen LogP) is 2.68. The third-order valence-corrected chi connectivity index (χ3v) is 3.85. The fraction of sp³-hybridized carbons (Fsp3) is 0.812. The van der Waals surface area contributed by atoms with Crippen LogP contribution in [0, 0.1) is 0 Å². The molecule has 5 heteroatoms. The van der Waals surface area contributed by atoms with Crippen LogP contribution >= 0.6 is 0 Å². The second-order valence-electron chi connectivity index (χ2n) is 5.82. The predicted molar refractivity (Wildman–Crippen MR) is 87.9 cm³/mol. The molecule has 0 aliphatic carbocycles. The quantitative estimate of drug-likeness (QED) is 0.638. The van der Waals surface area contributed by atoms with Gasteiger partial charge in [0.25, 0.3) is 0 Å². The zero-order chi connectivity index (χ0) is 15.7. The number of hydrogen-bond acceptors (Lipinski definition) is 4. The molecule has 1 rings (SSSR count). The van der Waals surface area contributed by atoms with Crippen molar-refractivity contribution < 1.29 is 4.74 Å². The Morgan fingerprint density at radius 3 is 2.67 bits per heavy atom. The first-order valence-electron chi connectivity index (χ1n) is 8.05. The first-order chi connectivity index (χ1) is 10.1. The fourth-order valence-electron chi connectivity index (χ4n) is 2.55. The Morgan fingerprint density at radius 2 is 2.10 bits per heavy atom. The number of rotatable bonds is 11. The molecule has 1 aromatic heterocycles. The molecule has 21 heavy (non-hydrogen) atoms. The van der Waals surface area contributed by atoms with Gasteiger partial charge in [-0.05, 0) is 27.6 Å². The third-order valence-electron chi connectivity index (χ3n) is 3.85. The van der Waals surface area contributed by atoms with Gasteiger partial charge in [-0.25, -0.2) is 0 Å². The first-order valence-corrected chi connectivity index (χ1v) is 8.05. The van der Waals surface area contributed by atoms with Crippen molar-refractivity contribution in [3.8, 4) is 5.75 Å². The lowest BCUT2D eigenvalue weighted by molar-refractivity contribution is 0.352. The molecule has 1 atom stereocenters. The second kappa shape index (κ2) is 9.79. The van der Waals surface area contributed by atoms with Crippen LogP contribution in [-0.2, 0) is 6.54 Å². The van der Waals surface area contributed by atoms with E-state index in [0.717, 1.165) is 25.3 Å². The summed E-state index contributed by atoms with van der Waals surface area (Å²) < 4.78 is 7.59. The van der Waals surface area contributed by atoms with Crippen LogP contribution in [0.2, 0.25) is 0 Å². The van der Waals surface area contributed by atoms with Crippen molar-refractivity contribution in [2.45, 2.75) is 51.6 Å². The fourth-order valence-corrected chi connectivity index (χ4v) is 2.55. The lowest BCUT2D eigenvalue weighted by Crippen LogP contribution is -2.25. The Kier molecular flexibility index (Phi) is 8.38. The zero-order valence-electron chi connectivity index (χ0n) is 14.4. The summed E-state index contributed by atoms with van der Waals surface area (Å²) in [6.07, 6.45) is 8.08. The zero-order valence-corrected chi connectivity index (χ0v) is 14.4. The molecule has 1 unspecified atom stereocenters. The molecule has 0 bridgehead atoms. The van der Waals surface area contributed by atoms with Crippen LogP contribution in [0.15, 0.2) is 6.20 Å². The molecule has 1 N–H and O–H groups in total. The van der Waals surface area contributed by atoms with Gasteiger partial charge in [-0.15, -0.1) is 0 Å². The minimum atomic E-state index is 0.307. The Bertz CT molecular complexity index is 390. The maximum Gasteiger partial charge on any atom is 0.161 e. The number of ether oxygens (including phenoxy) is 1. The molecule has 0 fully saturated rings. The van der Waals surface area contributed by atoms with E-state index in [1.165, 1.54) is 31.4 Å². The molecular formula is C16H32N4O. The maximum atomic E-state index is 5.51. The summed E-state index contributed by atoms with van der Waals surface area (Å²) in [7, 11) is 7.91. The topological polar surface area (TPSA) is 42.3 Å². The van der Waals surface area contributed by atoms with E-state index in [-0.39, 0.29) is 0 Å². The summed E-state index contributed by atoms with van der Waals surface area (Å²) >= 11 is 0. The summed E-state index contributed by atoms with van der Waals surface area (Å²) in [5.74, 6) is 0.892. The van der Waals surface area contributed by atoms with Crippen LogP contribution in [0.3, 0.4) is 0 Å². The van der Waals surface area contributed by atoms with Gasteiger partial charge in [-0.3, -0.25) is 4.68 Å². The first kappa shape index (κ1) is 18.0. The van der Waals surface area contributed by atoms with Gasteiger partial charge >= 0.3 is 0 Å². The van der Waals surface area contributed by atoms with Crippen molar-refractivity contribution in [1.29, 1.82) is 0 Å². The average molecular weight is 296 g/mol. The standard InChI is InChI=1S/C16H32N4O/c1-6-7-8-9-10-14(17-2)16-15(21-5)13-18-20(16)12-11-19(3)4/h13-14,17H,6-12H2,1-5H3. The van der Waals surface area contributed by atoms with Crippen molar-refractivity contribution in [2.75, 3.05) is 34.8 Å². The largest absolute Gasteiger partial charge is 0.493 e. The molecule has 5 nitrogen and oxygen atoms in total. The maximum absolute atomic E-state index is 5.51. The summed E-state index contributed by atoms with van der Waals surface area (Å²) in [5, 5.41) is 7.93. The van der Waals surface area contributed by atoms with E-state index in [2.05, 4.69) is 41.0 Å². The number of aromatic nitrogens is 2. The van der Waals surface area contributed by atoms with Crippen molar-refractivity contribution in [2.24, 2.45) is 0 Å². The van der Waals surface area contributed by atoms with Crippen LogP contribution in [0.4, 0.5) is 0 Å². The molecule has 0 aliphatic heterocycles. The molecule has 122 valence electrons. The molecule has 0 saturated heterocycles. The summed E-state index contributed by atoms with van der Waals surface area (Å²) in [6.45, 7) is 4.11. The lowest BCUT2D eigenvalue weighted by Gasteiger charge is -2.20. The summed E-state index contributed by atoms with van der Waals surface area (Å²) in [5.41, 5.74) is 1.18. The number of nitrogens with zero attached hydrogens (tertiary/aromatic N) is 3. The van der Waals surface area contributed by atoms with Crippen molar-refractivity contribution in [3.63, 3.8) is 0 Å². The molecule has 0 aromatic carbocycles. The molecule has 0 aliphatic rings. The second-order valence-corrected chi connectivity index (χ2v) is 5.82. The van der Waals surface area contributed by atoms with Gasteiger partial charge in [0.2, 0.25) is 0 Å². The van der Waals surface area contributed by atoms with E-state index in [9.17, 15) is 0 Å². The highest BCUT2D eigenvalue weighted by Gasteiger charge is 2.20. The number of nitrogens with one attached hydrogen (secondary N) is 1. The van der Waals surface area contributed by atoms with Gasteiger partial charge in [-0.2, -0.15) is 5.10 Å². The van der Waals surface area contributed by atoms with Crippen LogP contribution in [-0.4, -0.2) is 49.5 Å². The number of likely N-dealkylation sites (N-methyl/N-ethyl adjacent to an activating group) is 1. The van der Waals surface area contributed by atoms with Crippen LogP contribution in [0.25, 0.3) is 0 Å². The molecule has 0 saturated carbocycles. The van der Waals surface area contributed by atoms with Crippen molar-refractivity contribution in [1.82, 2.24) is 20.0 Å². The van der Waals surface area contributed by atoms with Gasteiger partial charge in [-0.1, -0.05) is 32.6 Å². The van der Waals surface area contributed by atoms with Crippen molar-refractivity contribution >= 4 is 0 Å². The Labute approximate surface area is 129 Å². The molecule has 1 heterocycles. The Balaban J connectivity index is 2.76. The molecule has 0 spiro atoms. The van der Waals surface area contributed by atoms with Crippen LogP contribution < -0.4 is 10.1 Å². The van der Waals surface area contributed by atoms with E-state index < -0.39 is 0 Å². The Hall–Kier alpha value is -1.07. The smallest absolute Gasteiger partial charge is 0.161 e. The SMILES string of the molecule is CCCCCCC(NC)c1c(OC)cnn1CCN(C)C. The van der Waals surface area contributed by atoms with E-state index in [0.29, 0.717) is 6.04 Å². The van der Waals surface area contributed by atoms with E-state index in [4.69, 9.17) is 4.74 Å². The molecular weight excluding hydrogens is 264 g/mol. The number of unbranched alkanes of at least 4 members (excludes halogenated alkanes) is 3. The monoisotopic (exact) mass is 296 g/mol. The van der Waals surface area contributed by atoms with Gasteiger partial charge in [0.15, 0.2) is 5.75 Å². The normalized spacial score (nSPS) is 12.9.